The van der Waals surface area contributed by atoms with Crippen LogP contribution in [0.2, 0.25) is 0 Å². The molecule has 164 valence electrons. The monoisotopic (exact) mass is 416 g/mol. The van der Waals surface area contributed by atoms with Gasteiger partial charge >= 0.3 is 6.61 Å². The van der Waals surface area contributed by atoms with Crippen LogP contribution in [-0.2, 0) is 11.3 Å². The minimum atomic E-state index is -3.02. The van der Waals surface area contributed by atoms with Gasteiger partial charge in [0.25, 0.3) is 0 Å². The van der Waals surface area contributed by atoms with Crippen LogP contribution in [-0.4, -0.2) is 63.4 Å². The summed E-state index contributed by atoms with van der Waals surface area (Å²) in [5, 5.41) is 6.25. The van der Waals surface area contributed by atoms with Gasteiger partial charge in [-0.25, -0.2) is 4.39 Å². The Hall–Kier alpha value is -2.00. The van der Waals surface area contributed by atoms with Crippen molar-refractivity contribution in [1.82, 2.24) is 15.5 Å². The lowest BCUT2D eigenvalue weighted by Crippen LogP contribution is -2.51. The van der Waals surface area contributed by atoms with Crippen molar-refractivity contribution < 1.29 is 22.6 Å². The maximum atomic E-state index is 14.1. The van der Waals surface area contributed by atoms with Crippen LogP contribution >= 0.6 is 0 Å². The molecule has 0 saturated carbocycles. The van der Waals surface area contributed by atoms with E-state index in [-0.39, 0.29) is 17.9 Å². The highest BCUT2D eigenvalue weighted by Crippen LogP contribution is 2.23. The van der Waals surface area contributed by atoms with E-state index >= 15 is 0 Å². The van der Waals surface area contributed by atoms with Gasteiger partial charge in [-0.1, -0.05) is 19.9 Å². The van der Waals surface area contributed by atoms with Gasteiger partial charge in [0.1, 0.15) is 11.6 Å². The van der Waals surface area contributed by atoms with Crippen LogP contribution < -0.4 is 15.4 Å². The van der Waals surface area contributed by atoms with Crippen LogP contribution in [0.25, 0.3) is 0 Å². The SMILES string of the molecule is CN=C(NCc1c(F)cccc1OC(F)F)NCC(CC(C)C)N1CCOCC1. The van der Waals surface area contributed by atoms with Gasteiger partial charge in [0.2, 0.25) is 0 Å². The Morgan fingerprint density at radius 3 is 2.59 bits per heavy atom. The summed E-state index contributed by atoms with van der Waals surface area (Å²) in [7, 11) is 1.61. The molecule has 0 radical (unpaired) electrons. The second-order valence-corrected chi connectivity index (χ2v) is 7.33. The van der Waals surface area contributed by atoms with Gasteiger partial charge < -0.3 is 20.1 Å². The van der Waals surface area contributed by atoms with Crippen molar-refractivity contribution in [1.29, 1.82) is 0 Å². The molecule has 2 rings (SSSR count). The third-order valence-corrected chi connectivity index (χ3v) is 4.76. The van der Waals surface area contributed by atoms with Gasteiger partial charge in [0.05, 0.1) is 13.2 Å². The standard InChI is InChI=1S/C20H31F3N4O2/c1-14(2)11-15(27-7-9-28-10-8-27)12-25-20(24-3)26-13-16-17(21)5-4-6-18(16)29-19(22)23/h4-6,14-15,19H,7-13H2,1-3H3,(H2,24,25,26). The molecule has 1 heterocycles. The molecule has 1 aliphatic rings. The quantitative estimate of drug-likeness (QED) is 0.479. The zero-order chi connectivity index (χ0) is 21.2. The first-order valence-corrected chi connectivity index (χ1v) is 9.89. The molecule has 2 N–H and O–H groups in total. The summed E-state index contributed by atoms with van der Waals surface area (Å²) in [5.41, 5.74) is 0.0302. The Balaban J connectivity index is 1.96. The molecule has 0 spiro atoms. The molecular weight excluding hydrogens is 385 g/mol. The van der Waals surface area contributed by atoms with E-state index in [9.17, 15) is 13.2 Å². The first-order valence-electron chi connectivity index (χ1n) is 9.89. The Labute approximate surface area is 170 Å². The number of hydrogen-bond donors (Lipinski definition) is 2. The average molecular weight is 416 g/mol. The first-order chi connectivity index (χ1) is 13.9. The summed E-state index contributed by atoms with van der Waals surface area (Å²) in [5.74, 6) is 0.205. The molecule has 1 unspecified atom stereocenters. The molecule has 1 atom stereocenters. The number of hydrogen-bond acceptors (Lipinski definition) is 4. The summed E-state index contributed by atoms with van der Waals surface area (Å²) >= 11 is 0. The largest absolute Gasteiger partial charge is 0.434 e. The molecule has 9 heteroatoms. The zero-order valence-corrected chi connectivity index (χ0v) is 17.3. The van der Waals surface area contributed by atoms with Crippen LogP contribution in [0.4, 0.5) is 13.2 Å². The van der Waals surface area contributed by atoms with Gasteiger partial charge in [0, 0.05) is 44.8 Å². The molecule has 6 nitrogen and oxygen atoms in total. The Morgan fingerprint density at radius 1 is 1.24 bits per heavy atom. The molecule has 1 aliphatic heterocycles. The lowest BCUT2D eigenvalue weighted by molar-refractivity contribution is -0.0506. The van der Waals surface area contributed by atoms with E-state index < -0.39 is 12.4 Å². The number of ether oxygens (including phenoxy) is 2. The Bertz CT molecular complexity index is 653. The van der Waals surface area contributed by atoms with Crippen LogP contribution in [0, 0.1) is 11.7 Å². The maximum absolute atomic E-state index is 14.1. The smallest absolute Gasteiger partial charge is 0.387 e. The van der Waals surface area contributed by atoms with Crippen LogP contribution in [0.1, 0.15) is 25.8 Å². The molecule has 1 aromatic carbocycles. The topological polar surface area (TPSA) is 58.1 Å². The molecule has 0 aromatic heterocycles. The highest BCUT2D eigenvalue weighted by atomic mass is 19.3. The normalized spacial score (nSPS) is 16.9. The fraction of sp³-hybridized carbons (Fsp3) is 0.650. The summed E-state index contributed by atoms with van der Waals surface area (Å²) in [4.78, 5) is 6.56. The summed E-state index contributed by atoms with van der Waals surface area (Å²) in [6, 6.07) is 4.17. The number of morpholine rings is 1. The van der Waals surface area contributed by atoms with E-state index in [1.165, 1.54) is 18.2 Å². The van der Waals surface area contributed by atoms with Crippen molar-refractivity contribution >= 4 is 5.96 Å². The van der Waals surface area contributed by atoms with Crippen LogP contribution in [0.3, 0.4) is 0 Å². The maximum Gasteiger partial charge on any atom is 0.387 e. The van der Waals surface area contributed by atoms with E-state index in [0.717, 1.165) is 32.7 Å². The molecule has 1 fully saturated rings. The van der Waals surface area contributed by atoms with Crippen molar-refractivity contribution in [2.24, 2.45) is 10.9 Å². The molecular formula is C20H31F3N4O2. The Morgan fingerprint density at radius 2 is 1.97 bits per heavy atom. The molecule has 0 amide bonds. The van der Waals surface area contributed by atoms with Gasteiger partial charge in [-0.2, -0.15) is 8.78 Å². The van der Waals surface area contributed by atoms with Gasteiger partial charge in [-0.3, -0.25) is 9.89 Å². The third kappa shape index (κ3) is 7.74. The number of nitrogens with zero attached hydrogens (tertiary/aromatic N) is 2. The highest BCUT2D eigenvalue weighted by Gasteiger charge is 2.22. The van der Waals surface area contributed by atoms with E-state index in [1.807, 2.05) is 0 Å². The second-order valence-electron chi connectivity index (χ2n) is 7.33. The minimum absolute atomic E-state index is 0.0270. The zero-order valence-electron chi connectivity index (χ0n) is 17.3. The Kier molecular flexibility index (Phi) is 9.53. The van der Waals surface area contributed by atoms with Crippen LogP contribution in [0.15, 0.2) is 23.2 Å². The number of rotatable bonds is 9. The molecule has 29 heavy (non-hydrogen) atoms. The number of halogens is 3. The molecule has 1 saturated heterocycles. The van der Waals surface area contributed by atoms with E-state index in [1.54, 1.807) is 7.05 Å². The number of aliphatic imine (C=N–C) groups is 1. The predicted molar refractivity (Wildman–Crippen MR) is 107 cm³/mol. The second kappa shape index (κ2) is 11.9. The number of guanidine groups is 1. The predicted octanol–water partition coefficient (Wildman–Crippen LogP) is 2.84. The molecule has 1 aromatic rings. The van der Waals surface area contributed by atoms with Crippen molar-refractivity contribution in [2.75, 3.05) is 39.9 Å². The van der Waals surface area contributed by atoms with E-state index in [0.29, 0.717) is 24.5 Å². The number of alkyl halides is 2. The fourth-order valence-corrected chi connectivity index (χ4v) is 3.37. The fourth-order valence-electron chi connectivity index (χ4n) is 3.37. The van der Waals surface area contributed by atoms with E-state index in [4.69, 9.17) is 4.74 Å². The van der Waals surface area contributed by atoms with Crippen molar-refractivity contribution in [3.63, 3.8) is 0 Å². The van der Waals surface area contributed by atoms with E-state index in [2.05, 4.69) is 39.1 Å². The lowest BCUT2D eigenvalue weighted by Gasteiger charge is -2.35. The summed E-state index contributed by atoms with van der Waals surface area (Å²) in [6.07, 6.45) is 1.02. The van der Waals surface area contributed by atoms with Gasteiger partial charge in [0.15, 0.2) is 5.96 Å². The lowest BCUT2D eigenvalue weighted by atomic mass is 10.0. The number of nitrogens with one attached hydrogen (secondary N) is 2. The first kappa shape index (κ1) is 23.3. The van der Waals surface area contributed by atoms with Gasteiger partial charge in [-0.05, 0) is 24.5 Å². The number of benzene rings is 1. The van der Waals surface area contributed by atoms with Gasteiger partial charge in [-0.15, -0.1) is 0 Å². The molecule has 0 aliphatic carbocycles. The third-order valence-electron chi connectivity index (χ3n) is 4.76. The van der Waals surface area contributed by atoms with Crippen molar-refractivity contribution in [3.05, 3.63) is 29.6 Å². The van der Waals surface area contributed by atoms with Crippen molar-refractivity contribution in [2.45, 2.75) is 39.5 Å². The molecule has 0 bridgehead atoms. The van der Waals surface area contributed by atoms with Crippen molar-refractivity contribution in [3.8, 4) is 5.75 Å². The highest BCUT2D eigenvalue weighted by molar-refractivity contribution is 5.79. The minimum Gasteiger partial charge on any atom is -0.434 e. The summed E-state index contributed by atoms with van der Waals surface area (Å²) in [6.45, 7) is 5.20. The van der Waals surface area contributed by atoms with Crippen LogP contribution in [0.5, 0.6) is 5.75 Å². The average Bonchev–Trinajstić information content (AvgIpc) is 2.68. The summed E-state index contributed by atoms with van der Waals surface area (Å²) < 4.78 is 49.1.